The summed E-state index contributed by atoms with van der Waals surface area (Å²) in [5.74, 6) is 0.383. The van der Waals surface area contributed by atoms with Gasteiger partial charge in [-0.05, 0) is 19.3 Å². The van der Waals surface area contributed by atoms with Crippen molar-refractivity contribution >= 4 is 11.7 Å². The molecule has 5 heteroatoms. The summed E-state index contributed by atoms with van der Waals surface area (Å²) in [6.45, 7) is 2.88. The third-order valence-corrected chi connectivity index (χ3v) is 2.54. The first kappa shape index (κ1) is 10.0. The molecule has 0 bridgehead atoms. The molecule has 1 saturated carbocycles. The van der Waals surface area contributed by atoms with Crippen LogP contribution in [0.3, 0.4) is 0 Å². The Morgan fingerprint density at radius 3 is 2.93 bits per heavy atom. The Bertz CT molecular complexity index is 356. The van der Waals surface area contributed by atoms with Gasteiger partial charge in [0.1, 0.15) is 11.5 Å². The fourth-order valence-electron chi connectivity index (χ4n) is 1.68. The third-order valence-electron chi connectivity index (χ3n) is 2.54. The van der Waals surface area contributed by atoms with Crippen molar-refractivity contribution in [2.75, 3.05) is 12.3 Å². The number of anilines is 1. The summed E-state index contributed by atoms with van der Waals surface area (Å²) in [6.07, 6.45) is 3.22. The van der Waals surface area contributed by atoms with E-state index in [1.807, 2.05) is 4.90 Å². The van der Waals surface area contributed by atoms with Gasteiger partial charge in [0.25, 0.3) is 5.91 Å². The molecule has 1 amide bonds. The Labute approximate surface area is 88.6 Å². The highest BCUT2D eigenvalue weighted by Crippen LogP contribution is 2.28. The van der Waals surface area contributed by atoms with E-state index in [1.54, 1.807) is 6.07 Å². The zero-order valence-corrected chi connectivity index (χ0v) is 8.86. The zero-order valence-electron chi connectivity index (χ0n) is 8.86. The van der Waals surface area contributed by atoms with Crippen LogP contribution in [0.25, 0.3) is 0 Å². The molecule has 1 aliphatic rings. The quantitative estimate of drug-likeness (QED) is 0.775. The van der Waals surface area contributed by atoms with Crippen LogP contribution in [-0.4, -0.2) is 33.6 Å². The molecule has 1 aliphatic carbocycles. The molecular weight excluding hydrogens is 192 g/mol. The lowest BCUT2D eigenvalue weighted by Crippen LogP contribution is -2.34. The number of rotatable bonds is 4. The normalized spacial score (nSPS) is 15.3. The van der Waals surface area contributed by atoms with Crippen molar-refractivity contribution in [3.63, 3.8) is 0 Å². The van der Waals surface area contributed by atoms with E-state index >= 15 is 0 Å². The van der Waals surface area contributed by atoms with E-state index in [0.717, 1.165) is 25.8 Å². The number of nitrogen functional groups attached to an aromatic ring is 1. The van der Waals surface area contributed by atoms with E-state index in [-0.39, 0.29) is 5.91 Å². The molecule has 1 aromatic rings. The number of aromatic nitrogens is 2. The van der Waals surface area contributed by atoms with Crippen LogP contribution in [0.5, 0.6) is 0 Å². The van der Waals surface area contributed by atoms with E-state index in [4.69, 9.17) is 5.73 Å². The first-order valence-electron chi connectivity index (χ1n) is 5.34. The standard InChI is InChI=1S/C10H16N4O/c1-2-5-14(7-3-4-7)10(15)8-6-9(11)13-12-8/h6-7H,2-5H2,1H3,(H3,11,12,13). The molecule has 0 aromatic carbocycles. The highest BCUT2D eigenvalue weighted by molar-refractivity contribution is 5.93. The minimum atomic E-state index is 0.0172. The van der Waals surface area contributed by atoms with Crippen LogP contribution in [-0.2, 0) is 0 Å². The summed E-state index contributed by atoms with van der Waals surface area (Å²) >= 11 is 0. The number of nitrogens with one attached hydrogen (secondary N) is 1. The summed E-state index contributed by atoms with van der Waals surface area (Å²) in [6, 6.07) is 2.02. The number of nitrogens with zero attached hydrogens (tertiary/aromatic N) is 2. The predicted octanol–water partition coefficient (Wildman–Crippen LogP) is 1.01. The first-order valence-corrected chi connectivity index (χ1v) is 5.34. The van der Waals surface area contributed by atoms with Crippen molar-refractivity contribution in [1.82, 2.24) is 15.1 Å². The van der Waals surface area contributed by atoms with Crippen molar-refractivity contribution in [2.24, 2.45) is 0 Å². The van der Waals surface area contributed by atoms with Gasteiger partial charge in [0, 0.05) is 18.7 Å². The average Bonchev–Trinajstić information content (AvgIpc) is 2.96. The van der Waals surface area contributed by atoms with Crippen molar-refractivity contribution in [1.29, 1.82) is 0 Å². The third kappa shape index (κ3) is 2.11. The largest absolute Gasteiger partial charge is 0.382 e. The number of H-pyrrole nitrogens is 1. The highest BCUT2D eigenvalue weighted by Gasteiger charge is 2.32. The maximum Gasteiger partial charge on any atom is 0.272 e. The van der Waals surface area contributed by atoms with E-state index in [0.29, 0.717) is 17.6 Å². The molecule has 1 heterocycles. The Hall–Kier alpha value is -1.52. The van der Waals surface area contributed by atoms with Gasteiger partial charge in [-0.1, -0.05) is 6.92 Å². The van der Waals surface area contributed by atoms with Crippen LogP contribution < -0.4 is 5.73 Å². The minimum Gasteiger partial charge on any atom is -0.382 e. The van der Waals surface area contributed by atoms with E-state index in [9.17, 15) is 4.79 Å². The summed E-state index contributed by atoms with van der Waals surface area (Å²) in [4.78, 5) is 13.9. The number of hydrogen-bond donors (Lipinski definition) is 2. The van der Waals surface area contributed by atoms with Gasteiger partial charge in [-0.15, -0.1) is 0 Å². The predicted molar refractivity (Wildman–Crippen MR) is 57.3 cm³/mol. The van der Waals surface area contributed by atoms with Crippen LogP contribution in [0.15, 0.2) is 6.07 Å². The summed E-state index contributed by atoms with van der Waals surface area (Å²) in [5.41, 5.74) is 5.96. The number of aromatic amines is 1. The maximum absolute atomic E-state index is 12.0. The maximum atomic E-state index is 12.0. The smallest absolute Gasteiger partial charge is 0.272 e. The Kier molecular flexibility index (Phi) is 2.62. The molecule has 0 spiro atoms. The van der Waals surface area contributed by atoms with E-state index in [2.05, 4.69) is 17.1 Å². The second kappa shape index (κ2) is 3.92. The lowest BCUT2D eigenvalue weighted by Gasteiger charge is -2.20. The van der Waals surface area contributed by atoms with Gasteiger partial charge in [-0.3, -0.25) is 9.89 Å². The van der Waals surface area contributed by atoms with Crippen LogP contribution in [0, 0.1) is 0 Å². The molecule has 0 saturated heterocycles. The van der Waals surface area contributed by atoms with Gasteiger partial charge in [-0.25, -0.2) is 0 Å². The van der Waals surface area contributed by atoms with Gasteiger partial charge in [0.2, 0.25) is 0 Å². The zero-order chi connectivity index (χ0) is 10.8. The topological polar surface area (TPSA) is 75.0 Å². The van der Waals surface area contributed by atoms with Gasteiger partial charge >= 0.3 is 0 Å². The van der Waals surface area contributed by atoms with Crippen LogP contribution >= 0.6 is 0 Å². The van der Waals surface area contributed by atoms with Gasteiger partial charge in [0.15, 0.2) is 0 Å². The molecule has 82 valence electrons. The second-order valence-electron chi connectivity index (χ2n) is 3.94. The SMILES string of the molecule is CCCN(C(=O)c1cc(N)n[nH]1)C1CC1. The molecule has 0 aliphatic heterocycles. The van der Waals surface area contributed by atoms with Gasteiger partial charge < -0.3 is 10.6 Å². The molecule has 2 rings (SSSR count). The van der Waals surface area contributed by atoms with Gasteiger partial charge in [-0.2, -0.15) is 5.10 Å². The summed E-state index contributed by atoms with van der Waals surface area (Å²) in [5, 5.41) is 6.43. The fraction of sp³-hybridized carbons (Fsp3) is 0.600. The van der Waals surface area contributed by atoms with Crippen LogP contribution in [0.1, 0.15) is 36.7 Å². The number of carbonyl (C=O) groups is 1. The first-order chi connectivity index (χ1) is 7.22. The molecular formula is C10H16N4O. The lowest BCUT2D eigenvalue weighted by atomic mass is 10.3. The molecule has 0 atom stereocenters. The second-order valence-corrected chi connectivity index (χ2v) is 3.94. The Balaban J connectivity index is 2.10. The summed E-state index contributed by atoms with van der Waals surface area (Å²) < 4.78 is 0. The van der Waals surface area contributed by atoms with Gasteiger partial charge in [0.05, 0.1) is 0 Å². The highest BCUT2D eigenvalue weighted by atomic mass is 16.2. The van der Waals surface area contributed by atoms with Crippen molar-refractivity contribution < 1.29 is 4.79 Å². The van der Waals surface area contributed by atoms with Crippen molar-refractivity contribution in [3.8, 4) is 0 Å². The fourth-order valence-corrected chi connectivity index (χ4v) is 1.68. The molecule has 1 fully saturated rings. The van der Waals surface area contributed by atoms with Crippen LogP contribution in [0.4, 0.5) is 5.82 Å². The number of hydrogen-bond acceptors (Lipinski definition) is 3. The Morgan fingerprint density at radius 2 is 2.47 bits per heavy atom. The van der Waals surface area contributed by atoms with Crippen molar-refractivity contribution in [3.05, 3.63) is 11.8 Å². The monoisotopic (exact) mass is 208 g/mol. The van der Waals surface area contributed by atoms with Crippen LogP contribution in [0.2, 0.25) is 0 Å². The Morgan fingerprint density at radius 1 is 1.73 bits per heavy atom. The van der Waals surface area contributed by atoms with E-state index < -0.39 is 0 Å². The van der Waals surface area contributed by atoms with E-state index in [1.165, 1.54) is 0 Å². The molecule has 1 aromatic heterocycles. The minimum absolute atomic E-state index is 0.0172. The average molecular weight is 208 g/mol. The number of amides is 1. The molecule has 0 unspecified atom stereocenters. The number of carbonyl (C=O) groups excluding carboxylic acids is 1. The summed E-state index contributed by atoms with van der Waals surface area (Å²) in [7, 11) is 0. The molecule has 3 N–H and O–H groups in total. The number of nitrogens with two attached hydrogens (primary N) is 1. The van der Waals surface area contributed by atoms with Crippen molar-refractivity contribution in [2.45, 2.75) is 32.2 Å². The molecule has 5 nitrogen and oxygen atoms in total. The molecule has 15 heavy (non-hydrogen) atoms. The molecule has 0 radical (unpaired) electrons. The lowest BCUT2D eigenvalue weighted by molar-refractivity contribution is 0.0737.